The lowest BCUT2D eigenvalue weighted by atomic mass is 10.2. The third-order valence-corrected chi connectivity index (χ3v) is 3.70. The van der Waals surface area contributed by atoms with Crippen LogP contribution in [-0.4, -0.2) is 4.21 Å². The molecule has 2 rings (SSSR count). The molecule has 0 amide bonds. The summed E-state index contributed by atoms with van der Waals surface area (Å²) in [5, 5.41) is 0. The molecule has 2 aromatic rings. The average molecular weight is 267 g/mol. The lowest BCUT2D eigenvalue weighted by Gasteiger charge is -2.04. The Morgan fingerprint density at radius 3 is 2.50 bits per heavy atom. The summed E-state index contributed by atoms with van der Waals surface area (Å²) in [4.78, 5) is 0.303. The van der Waals surface area contributed by atoms with Crippen LogP contribution in [0.25, 0.3) is 0 Å². The zero-order valence-corrected chi connectivity index (χ0v) is 10.2. The highest BCUT2D eigenvalue weighted by Gasteiger charge is 2.08. The van der Waals surface area contributed by atoms with Gasteiger partial charge in [-0.3, -0.25) is 4.21 Å². The van der Waals surface area contributed by atoms with E-state index in [9.17, 15) is 13.0 Å². The van der Waals surface area contributed by atoms with E-state index >= 15 is 0 Å². The van der Waals surface area contributed by atoms with Crippen molar-refractivity contribution in [1.29, 1.82) is 0 Å². The summed E-state index contributed by atoms with van der Waals surface area (Å²) in [5.41, 5.74) is 6.29. The Balaban J connectivity index is 2.22. The molecule has 1 atom stereocenters. The molecule has 0 heterocycles. The zero-order chi connectivity index (χ0) is 13.1. The Morgan fingerprint density at radius 2 is 1.83 bits per heavy atom. The maximum atomic E-state index is 13.1. The van der Waals surface area contributed by atoms with Crippen molar-refractivity contribution in [3.63, 3.8) is 0 Å². The number of nitrogens with two attached hydrogens (primary N) is 1. The molecule has 0 aromatic heterocycles. The van der Waals surface area contributed by atoms with Crippen molar-refractivity contribution in [3.8, 4) is 0 Å². The molecule has 2 aromatic carbocycles. The number of benzene rings is 2. The Bertz CT molecular complexity index is 581. The van der Waals surface area contributed by atoms with Crippen molar-refractivity contribution in [2.45, 2.75) is 10.6 Å². The molecule has 18 heavy (non-hydrogen) atoms. The molecular weight excluding hydrogens is 256 g/mol. The van der Waals surface area contributed by atoms with Crippen molar-refractivity contribution in [3.05, 3.63) is 59.7 Å². The highest BCUT2D eigenvalue weighted by Crippen LogP contribution is 2.17. The van der Waals surface area contributed by atoms with Gasteiger partial charge in [0.05, 0.1) is 16.6 Å². The molecule has 0 aliphatic carbocycles. The summed E-state index contributed by atoms with van der Waals surface area (Å²) in [6.07, 6.45) is 0. The Kier molecular flexibility index (Phi) is 3.72. The molecule has 0 bridgehead atoms. The maximum absolute atomic E-state index is 13.1. The van der Waals surface area contributed by atoms with Crippen LogP contribution in [0.3, 0.4) is 0 Å². The van der Waals surface area contributed by atoms with E-state index in [1.165, 1.54) is 24.3 Å². The van der Waals surface area contributed by atoms with E-state index < -0.39 is 16.6 Å². The maximum Gasteiger partial charge on any atom is 0.126 e. The minimum Gasteiger partial charge on any atom is -0.399 e. The molecule has 0 saturated heterocycles. The summed E-state index contributed by atoms with van der Waals surface area (Å²) < 4.78 is 38.1. The summed E-state index contributed by atoms with van der Waals surface area (Å²) in [7, 11) is -1.45. The largest absolute Gasteiger partial charge is 0.399 e. The van der Waals surface area contributed by atoms with Crippen molar-refractivity contribution in [2.24, 2.45) is 0 Å². The second-order valence-electron chi connectivity index (χ2n) is 3.84. The minimum absolute atomic E-state index is 0.126. The number of nitrogen functional groups attached to an aromatic ring is 1. The van der Waals surface area contributed by atoms with Gasteiger partial charge in [-0.2, -0.15) is 0 Å². The average Bonchev–Trinajstić information content (AvgIpc) is 2.27. The van der Waals surface area contributed by atoms with Crippen molar-refractivity contribution in [2.75, 3.05) is 5.73 Å². The van der Waals surface area contributed by atoms with Gasteiger partial charge in [-0.05, 0) is 35.9 Å². The lowest BCUT2D eigenvalue weighted by molar-refractivity contribution is 0.622. The van der Waals surface area contributed by atoms with E-state index in [-0.39, 0.29) is 17.3 Å². The van der Waals surface area contributed by atoms with Crippen LogP contribution < -0.4 is 5.73 Å². The molecule has 0 aliphatic heterocycles. The molecule has 1 unspecified atom stereocenters. The molecule has 2 nitrogen and oxygen atoms in total. The van der Waals surface area contributed by atoms with Crippen LogP contribution in [0.4, 0.5) is 14.5 Å². The van der Waals surface area contributed by atoms with Gasteiger partial charge >= 0.3 is 0 Å². The first-order valence-corrected chi connectivity index (χ1v) is 6.55. The number of halogens is 2. The molecule has 0 fully saturated rings. The molecule has 0 saturated carbocycles. The number of anilines is 1. The van der Waals surface area contributed by atoms with E-state index in [1.54, 1.807) is 12.1 Å². The molecule has 5 heteroatoms. The monoisotopic (exact) mass is 267 g/mol. The van der Waals surface area contributed by atoms with E-state index in [1.807, 2.05) is 0 Å². The SMILES string of the molecule is Nc1cc(F)cc(S(=O)Cc2cccc(F)c2)c1. The molecule has 94 valence electrons. The van der Waals surface area contributed by atoms with Gasteiger partial charge in [-0.25, -0.2) is 8.78 Å². The highest BCUT2D eigenvalue weighted by molar-refractivity contribution is 7.84. The molecule has 0 spiro atoms. The number of hydrogen-bond donors (Lipinski definition) is 1. The second kappa shape index (κ2) is 5.27. The van der Waals surface area contributed by atoms with Crippen LogP contribution in [0.15, 0.2) is 47.4 Å². The van der Waals surface area contributed by atoms with Gasteiger partial charge in [0.2, 0.25) is 0 Å². The third kappa shape index (κ3) is 3.13. The first-order valence-electron chi connectivity index (χ1n) is 5.23. The van der Waals surface area contributed by atoms with Crippen LogP contribution in [-0.2, 0) is 16.6 Å². The van der Waals surface area contributed by atoms with Gasteiger partial charge in [0, 0.05) is 10.6 Å². The summed E-state index contributed by atoms with van der Waals surface area (Å²) in [6, 6.07) is 9.62. The van der Waals surface area contributed by atoms with Crippen LogP contribution in [0.2, 0.25) is 0 Å². The quantitative estimate of drug-likeness (QED) is 0.869. The van der Waals surface area contributed by atoms with Crippen molar-refractivity contribution >= 4 is 16.5 Å². The standard InChI is InChI=1S/C13H11F2NOS/c14-10-3-1-2-9(4-10)8-18(17)13-6-11(15)5-12(16)7-13/h1-7H,8,16H2. The van der Waals surface area contributed by atoms with Crippen LogP contribution in [0.5, 0.6) is 0 Å². The predicted molar refractivity (Wildman–Crippen MR) is 67.3 cm³/mol. The fourth-order valence-electron chi connectivity index (χ4n) is 1.58. The predicted octanol–water partition coefficient (Wildman–Crippen LogP) is 2.85. The van der Waals surface area contributed by atoms with Crippen LogP contribution in [0.1, 0.15) is 5.56 Å². The van der Waals surface area contributed by atoms with Gasteiger partial charge in [-0.15, -0.1) is 0 Å². The van der Waals surface area contributed by atoms with E-state index in [0.29, 0.717) is 10.5 Å². The topological polar surface area (TPSA) is 43.1 Å². The summed E-state index contributed by atoms with van der Waals surface area (Å²) in [5.74, 6) is -0.790. The fraction of sp³-hybridized carbons (Fsp3) is 0.0769. The first kappa shape index (κ1) is 12.7. The van der Waals surface area contributed by atoms with Crippen LogP contribution >= 0.6 is 0 Å². The molecule has 2 N–H and O–H groups in total. The second-order valence-corrected chi connectivity index (χ2v) is 5.29. The Morgan fingerprint density at radius 1 is 1.06 bits per heavy atom. The normalized spacial score (nSPS) is 12.3. The smallest absolute Gasteiger partial charge is 0.126 e. The lowest BCUT2D eigenvalue weighted by Crippen LogP contribution is -1.99. The van der Waals surface area contributed by atoms with E-state index in [2.05, 4.69) is 0 Å². The zero-order valence-electron chi connectivity index (χ0n) is 9.40. The van der Waals surface area contributed by atoms with Gasteiger partial charge < -0.3 is 5.73 Å². The molecule has 0 aliphatic rings. The number of rotatable bonds is 3. The highest BCUT2D eigenvalue weighted by atomic mass is 32.2. The summed E-state index contributed by atoms with van der Waals surface area (Å²) in [6.45, 7) is 0. The van der Waals surface area contributed by atoms with Gasteiger partial charge in [0.15, 0.2) is 0 Å². The first-order chi connectivity index (χ1) is 8.54. The number of hydrogen-bond acceptors (Lipinski definition) is 2. The van der Waals surface area contributed by atoms with Gasteiger partial charge in [-0.1, -0.05) is 12.1 Å². The van der Waals surface area contributed by atoms with Crippen LogP contribution in [0, 0.1) is 11.6 Å². The molecule has 0 radical (unpaired) electrons. The fourth-order valence-corrected chi connectivity index (χ4v) is 2.74. The van der Waals surface area contributed by atoms with E-state index in [0.717, 1.165) is 6.07 Å². The van der Waals surface area contributed by atoms with Crippen molar-refractivity contribution in [1.82, 2.24) is 0 Å². The Hall–Kier alpha value is -1.75. The molecular formula is C13H11F2NOS. The minimum atomic E-state index is -1.45. The van der Waals surface area contributed by atoms with Crippen molar-refractivity contribution < 1.29 is 13.0 Å². The van der Waals surface area contributed by atoms with Gasteiger partial charge in [0.25, 0.3) is 0 Å². The Labute approximate surface area is 106 Å². The third-order valence-electron chi connectivity index (χ3n) is 2.34. The summed E-state index contributed by atoms with van der Waals surface area (Å²) >= 11 is 0. The van der Waals surface area contributed by atoms with E-state index in [4.69, 9.17) is 5.73 Å². The van der Waals surface area contributed by atoms with Gasteiger partial charge in [0.1, 0.15) is 11.6 Å².